The van der Waals surface area contributed by atoms with Crippen molar-refractivity contribution >= 4 is 17.6 Å². The first-order valence-corrected chi connectivity index (χ1v) is 9.68. The molecule has 2 aliphatic heterocycles. The number of benzene rings is 1. The molecule has 0 aromatic heterocycles. The molecule has 5 heteroatoms. The van der Waals surface area contributed by atoms with Gasteiger partial charge in [-0.3, -0.25) is 14.4 Å². The number of likely N-dealkylation sites (tertiary alicyclic amines) is 2. The van der Waals surface area contributed by atoms with Crippen LogP contribution >= 0.6 is 0 Å². The summed E-state index contributed by atoms with van der Waals surface area (Å²) in [6.45, 7) is 4.40. The van der Waals surface area contributed by atoms with Crippen LogP contribution in [-0.4, -0.2) is 53.6 Å². The zero-order valence-corrected chi connectivity index (χ0v) is 15.4. The van der Waals surface area contributed by atoms with Crippen LogP contribution in [0.15, 0.2) is 24.3 Å². The molecule has 4 rings (SSSR count). The highest BCUT2D eigenvalue weighted by Crippen LogP contribution is 2.42. The largest absolute Gasteiger partial charge is 0.342 e. The molecule has 0 N–H and O–H groups in total. The third-order valence-electron chi connectivity index (χ3n) is 6.16. The van der Waals surface area contributed by atoms with Crippen molar-refractivity contribution in [2.45, 2.75) is 39.0 Å². The van der Waals surface area contributed by atoms with E-state index in [2.05, 4.69) is 0 Å². The number of ketones is 1. The Kier molecular flexibility index (Phi) is 4.33. The molecule has 3 aliphatic rings. The van der Waals surface area contributed by atoms with Crippen molar-refractivity contribution in [3.8, 4) is 0 Å². The maximum atomic E-state index is 13.1. The number of nitrogens with zero attached hydrogens (tertiary/aromatic N) is 2. The first-order valence-electron chi connectivity index (χ1n) is 9.68. The minimum Gasteiger partial charge on any atom is -0.342 e. The molecule has 3 fully saturated rings. The predicted octanol–water partition coefficient (Wildman–Crippen LogP) is 2.75. The van der Waals surface area contributed by atoms with E-state index >= 15 is 0 Å². The molecule has 1 atom stereocenters. The lowest BCUT2D eigenvalue weighted by molar-refractivity contribution is -0.145. The number of Topliss-reactive ketones (excluding diaryl/α,β-unsaturated/α-hetero) is 1. The van der Waals surface area contributed by atoms with E-state index in [1.54, 1.807) is 29.2 Å². The standard InChI is InChI=1S/C21H26N2O3/c1-15(24)17-4-2-5-18(12-17)19(25)23-11-9-21(14-23)8-3-10-22(20(21)26)13-16-6-7-16/h2,4-5,12,16H,3,6-11,13-14H2,1H3/t21-/m1/s1. The molecular weight excluding hydrogens is 328 g/mol. The fourth-order valence-electron chi connectivity index (χ4n) is 4.42. The van der Waals surface area contributed by atoms with Gasteiger partial charge in [0.1, 0.15) is 0 Å². The van der Waals surface area contributed by atoms with E-state index in [1.807, 2.05) is 4.90 Å². The Morgan fingerprint density at radius 3 is 2.65 bits per heavy atom. The number of hydrogen-bond acceptors (Lipinski definition) is 3. The zero-order valence-electron chi connectivity index (χ0n) is 15.4. The van der Waals surface area contributed by atoms with Gasteiger partial charge in [-0.05, 0) is 57.1 Å². The minimum atomic E-state index is -0.388. The van der Waals surface area contributed by atoms with Crippen LogP contribution in [0.5, 0.6) is 0 Å². The van der Waals surface area contributed by atoms with E-state index in [4.69, 9.17) is 0 Å². The SMILES string of the molecule is CC(=O)c1cccc(C(=O)N2CC[C@]3(CCCN(CC4CC4)C3=O)C2)c1. The third kappa shape index (κ3) is 3.15. The Balaban J connectivity index is 1.48. The van der Waals surface area contributed by atoms with Gasteiger partial charge in [0.15, 0.2) is 5.78 Å². The Labute approximate surface area is 154 Å². The highest BCUT2D eigenvalue weighted by Gasteiger charge is 2.50. The maximum absolute atomic E-state index is 13.1. The Morgan fingerprint density at radius 1 is 1.15 bits per heavy atom. The van der Waals surface area contributed by atoms with Gasteiger partial charge in [-0.2, -0.15) is 0 Å². The molecule has 26 heavy (non-hydrogen) atoms. The quantitative estimate of drug-likeness (QED) is 0.781. The Hall–Kier alpha value is -2.17. The van der Waals surface area contributed by atoms with Crippen molar-refractivity contribution in [1.29, 1.82) is 0 Å². The maximum Gasteiger partial charge on any atom is 0.253 e. The van der Waals surface area contributed by atoms with Crippen molar-refractivity contribution in [3.63, 3.8) is 0 Å². The highest BCUT2D eigenvalue weighted by atomic mass is 16.2. The molecule has 138 valence electrons. The third-order valence-corrected chi connectivity index (χ3v) is 6.16. The van der Waals surface area contributed by atoms with Crippen LogP contribution in [0.4, 0.5) is 0 Å². The summed E-state index contributed by atoms with van der Waals surface area (Å²) >= 11 is 0. The van der Waals surface area contributed by atoms with Gasteiger partial charge >= 0.3 is 0 Å². The lowest BCUT2D eigenvalue weighted by atomic mass is 9.78. The van der Waals surface area contributed by atoms with E-state index in [0.29, 0.717) is 30.1 Å². The molecule has 1 aromatic carbocycles. The van der Waals surface area contributed by atoms with Gasteiger partial charge in [0.25, 0.3) is 5.91 Å². The van der Waals surface area contributed by atoms with Crippen molar-refractivity contribution in [2.75, 3.05) is 26.2 Å². The molecule has 5 nitrogen and oxygen atoms in total. The number of hydrogen-bond donors (Lipinski definition) is 0. The van der Waals surface area contributed by atoms with E-state index in [0.717, 1.165) is 32.4 Å². The molecule has 2 amide bonds. The van der Waals surface area contributed by atoms with Gasteiger partial charge in [0.05, 0.1) is 5.41 Å². The Bertz CT molecular complexity index is 755. The number of rotatable bonds is 4. The molecule has 1 spiro atoms. The number of piperidine rings is 1. The predicted molar refractivity (Wildman–Crippen MR) is 97.9 cm³/mol. The summed E-state index contributed by atoms with van der Waals surface area (Å²) in [5.41, 5.74) is 0.697. The van der Waals surface area contributed by atoms with Crippen LogP contribution in [0, 0.1) is 11.3 Å². The normalized spacial score (nSPS) is 25.8. The van der Waals surface area contributed by atoms with Gasteiger partial charge in [0, 0.05) is 37.3 Å². The molecule has 2 saturated heterocycles. The molecule has 0 bridgehead atoms. The molecule has 2 heterocycles. The number of carbonyl (C=O) groups is 3. The average Bonchev–Trinajstić information content (AvgIpc) is 3.36. The lowest BCUT2D eigenvalue weighted by Gasteiger charge is -2.39. The summed E-state index contributed by atoms with van der Waals surface area (Å²) in [5, 5.41) is 0. The topological polar surface area (TPSA) is 57.7 Å². The summed E-state index contributed by atoms with van der Waals surface area (Å²) < 4.78 is 0. The summed E-state index contributed by atoms with van der Waals surface area (Å²) in [5.74, 6) is 0.832. The first kappa shape index (κ1) is 17.3. The van der Waals surface area contributed by atoms with Crippen LogP contribution in [0.1, 0.15) is 59.7 Å². The fourth-order valence-corrected chi connectivity index (χ4v) is 4.42. The Morgan fingerprint density at radius 2 is 1.92 bits per heavy atom. The van der Waals surface area contributed by atoms with E-state index in [9.17, 15) is 14.4 Å². The van der Waals surface area contributed by atoms with Gasteiger partial charge < -0.3 is 9.80 Å². The lowest BCUT2D eigenvalue weighted by Crippen LogP contribution is -2.50. The fraction of sp³-hybridized carbons (Fsp3) is 0.571. The van der Waals surface area contributed by atoms with Crippen molar-refractivity contribution < 1.29 is 14.4 Å². The summed E-state index contributed by atoms with van der Waals surface area (Å²) in [7, 11) is 0. The van der Waals surface area contributed by atoms with E-state index in [-0.39, 0.29) is 23.0 Å². The second-order valence-corrected chi connectivity index (χ2v) is 8.19. The first-order chi connectivity index (χ1) is 12.5. The average molecular weight is 354 g/mol. The van der Waals surface area contributed by atoms with Crippen LogP contribution in [0.2, 0.25) is 0 Å². The van der Waals surface area contributed by atoms with E-state index in [1.165, 1.54) is 19.8 Å². The summed E-state index contributed by atoms with van der Waals surface area (Å²) in [6, 6.07) is 6.89. The number of amides is 2. The van der Waals surface area contributed by atoms with Crippen LogP contribution in [0.25, 0.3) is 0 Å². The summed E-state index contributed by atoms with van der Waals surface area (Å²) in [6.07, 6.45) is 5.15. The molecule has 1 saturated carbocycles. The molecule has 1 aliphatic carbocycles. The van der Waals surface area contributed by atoms with Crippen LogP contribution < -0.4 is 0 Å². The van der Waals surface area contributed by atoms with Gasteiger partial charge in [-0.25, -0.2) is 0 Å². The zero-order chi connectivity index (χ0) is 18.3. The monoisotopic (exact) mass is 354 g/mol. The molecule has 0 unspecified atom stereocenters. The minimum absolute atomic E-state index is 0.0456. The van der Waals surface area contributed by atoms with E-state index < -0.39 is 0 Å². The second-order valence-electron chi connectivity index (χ2n) is 8.19. The van der Waals surface area contributed by atoms with Crippen molar-refractivity contribution in [3.05, 3.63) is 35.4 Å². The van der Waals surface area contributed by atoms with Gasteiger partial charge in [0.2, 0.25) is 5.91 Å². The highest BCUT2D eigenvalue weighted by molar-refractivity contribution is 6.00. The van der Waals surface area contributed by atoms with Gasteiger partial charge in [-0.15, -0.1) is 0 Å². The number of carbonyl (C=O) groups excluding carboxylic acids is 3. The van der Waals surface area contributed by atoms with Crippen molar-refractivity contribution in [2.24, 2.45) is 11.3 Å². The summed E-state index contributed by atoms with van der Waals surface area (Å²) in [4.78, 5) is 41.4. The molecule has 1 aromatic rings. The molecular formula is C21H26N2O3. The molecule has 0 radical (unpaired) electrons. The van der Waals surface area contributed by atoms with Crippen LogP contribution in [0.3, 0.4) is 0 Å². The van der Waals surface area contributed by atoms with Gasteiger partial charge in [-0.1, -0.05) is 12.1 Å². The smallest absolute Gasteiger partial charge is 0.253 e. The second kappa shape index (κ2) is 6.53. The van der Waals surface area contributed by atoms with Crippen LogP contribution in [-0.2, 0) is 4.79 Å². The van der Waals surface area contributed by atoms with Crippen molar-refractivity contribution in [1.82, 2.24) is 9.80 Å².